The highest BCUT2D eigenvalue weighted by molar-refractivity contribution is 5.84. The van der Waals surface area contributed by atoms with Crippen molar-refractivity contribution < 1.29 is 38.1 Å². The molecule has 0 saturated carbocycles. The summed E-state index contributed by atoms with van der Waals surface area (Å²) in [6.45, 7) is 0.901. The van der Waals surface area contributed by atoms with E-state index >= 15 is 0 Å². The number of halogens is 2. The summed E-state index contributed by atoms with van der Waals surface area (Å²) in [5.74, 6) is -6.00. The highest BCUT2D eigenvalue weighted by atomic mass is 19.3. The van der Waals surface area contributed by atoms with Gasteiger partial charge in [0.25, 0.3) is 5.91 Å². The number of benzene rings is 1. The maximum absolute atomic E-state index is 15.0. The number of aliphatic hydroxyl groups excluding tert-OH is 2. The Morgan fingerprint density at radius 1 is 1.24 bits per heavy atom. The van der Waals surface area contributed by atoms with Crippen molar-refractivity contribution in [3.8, 4) is 0 Å². The number of carbonyl (C=O) groups excluding carboxylic acids is 2. The molecule has 202 valence electrons. The Balaban J connectivity index is 1.32. The Bertz CT molecular complexity index is 1060. The van der Waals surface area contributed by atoms with Gasteiger partial charge >= 0.3 is 5.92 Å². The fraction of sp³-hybridized carbons (Fsp3) is 0.538. The van der Waals surface area contributed by atoms with Crippen LogP contribution in [0.25, 0.3) is 0 Å². The molecule has 9 nitrogen and oxygen atoms in total. The summed E-state index contributed by atoms with van der Waals surface area (Å²) in [6, 6.07) is 4.50. The summed E-state index contributed by atoms with van der Waals surface area (Å²) in [6.07, 6.45) is 3.71. The first-order valence-corrected chi connectivity index (χ1v) is 12.4. The highest BCUT2D eigenvalue weighted by Crippen LogP contribution is 2.36. The van der Waals surface area contributed by atoms with Gasteiger partial charge in [-0.05, 0) is 42.0 Å². The number of aliphatic hydroxyl groups is 2. The third-order valence-electron chi connectivity index (χ3n) is 7.00. The normalized spacial score (nSPS) is 26.2. The van der Waals surface area contributed by atoms with Crippen molar-refractivity contribution in [2.24, 2.45) is 5.92 Å². The van der Waals surface area contributed by atoms with E-state index in [0.717, 1.165) is 5.56 Å². The Kier molecular flexibility index (Phi) is 8.58. The number of allylic oxidation sites excluding steroid dienone is 4. The van der Waals surface area contributed by atoms with Gasteiger partial charge in [-0.1, -0.05) is 30.4 Å². The van der Waals surface area contributed by atoms with Crippen molar-refractivity contribution in [2.75, 3.05) is 20.3 Å². The van der Waals surface area contributed by atoms with E-state index in [1.165, 1.54) is 12.2 Å². The lowest BCUT2D eigenvalue weighted by Gasteiger charge is -2.34. The van der Waals surface area contributed by atoms with E-state index in [2.05, 4.69) is 10.6 Å². The first kappa shape index (κ1) is 27.2. The van der Waals surface area contributed by atoms with Crippen LogP contribution in [0.1, 0.15) is 48.6 Å². The molecule has 1 saturated heterocycles. The second kappa shape index (κ2) is 11.7. The molecule has 0 radical (unpaired) electrons. The second-order valence-electron chi connectivity index (χ2n) is 9.51. The monoisotopic (exact) mass is 521 g/mol. The van der Waals surface area contributed by atoms with Crippen molar-refractivity contribution in [1.82, 2.24) is 15.5 Å². The number of piperidine rings is 1. The Labute approximate surface area is 214 Å². The molecule has 37 heavy (non-hydrogen) atoms. The maximum atomic E-state index is 15.0. The molecule has 1 fully saturated rings. The predicted molar refractivity (Wildman–Crippen MR) is 129 cm³/mol. The lowest BCUT2D eigenvalue weighted by molar-refractivity contribution is -0.151. The van der Waals surface area contributed by atoms with Crippen molar-refractivity contribution >= 4 is 11.8 Å². The van der Waals surface area contributed by atoms with Crippen LogP contribution in [-0.4, -0.2) is 65.4 Å². The number of amides is 2. The zero-order valence-corrected chi connectivity index (χ0v) is 20.7. The fourth-order valence-corrected chi connectivity index (χ4v) is 4.92. The lowest BCUT2D eigenvalue weighted by atomic mass is 9.95. The van der Waals surface area contributed by atoms with Crippen LogP contribution in [0.2, 0.25) is 0 Å². The zero-order chi connectivity index (χ0) is 26.6. The van der Waals surface area contributed by atoms with Gasteiger partial charge in [0.15, 0.2) is 0 Å². The number of ether oxygens (including phenoxy) is 2. The molecule has 4 rings (SSSR count). The number of nitrogens with zero attached hydrogens (tertiary/aromatic N) is 1. The SMILES string of the molecule is COCCOC1=CC=CC(C(F)(F)C(=O)NCc2ccc3c(c2)CN(C2CCC(O)NC2=O)C3O)CC1. The molecule has 2 heterocycles. The summed E-state index contributed by atoms with van der Waals surface area (Å²) in [4.78, 5) is 26.4. The van der Waals surface area contributed by atoms with Crippen molar-refractivity contribution in [3.05, 3.63) is 58.9 Å². The summed E-state index contributed by atoms with van der Waals surface area (Å²) in [5, 5.41) is 25.2. The average Bonchev–Trinajstić information content (AvgIpc) is 3.02. The molecular weight excluding hydrogens is 488 g/mol. The van der Waals surface area contributed by atoms with Gasteiger partial charge in [0.05, 0.1) is 24.3 Å². The lowest BCUT2D eigenvalue weighted by Crippen LogP contribution is -2.53. The number of nitrogens with one attached hydrogen (secondary N) is 2. The quantitative estimate of drug-likeness (QED) is 0.366. The third kappa shape index (κ3) is 6.18. The standard InChI is InChI=1S/C26H33F2N3O6/c1-36-11-12-37-19-4-2-3-18(6-7-19)26(27,28)25(35)29-14-16-5-8-20-17(13-16)15-31(24(20)34)21-9-10-22(32)30-23(21)33/h2-5,8,13,18,21-22,24,32,34H,6-7,9-12,14-15H2,1H3,(H,29,35)(H,30,33). The fourth-order valence-electron chi connectivity index (χ4n) is 4.92. The Hall–Kier alpha value is -2.86. The number of fused-ring (bicyclic) bond motifs is 1. The molecule has 11 heteroatoms. The van der Waals surface area contributed by atoms with Gasteiger partial charge in [-0.15, -0.1) is 0 Å². The van der Waals surface area contributed by atoms with E-state index in [-0.39, 0.29) is 31.8 Å². The van der Waals surface area contributed by atoms with Gasteiger partial charge in [0.2, 0.25) is 5.91 Å². The molecule has 4 atom stereocenters. The molecule has 4 unspecified atom stereocenters. The summed E-state index contributed by atoms with van der Waals surface area (Å²) < 4.78 is 40.4. The van der Waals surface area contributed by atoms with Crippen LogP contribution in [0.3, 0.4) is 0 Å². The molecule has 0 spiro atoms. The van der Waals surface area contributed by atoms with Gasteiger partial charge < -0.3 is 30.3 Å². The summed E-state index contributed by atoms with van der Waals surface area (Å²) in [7, 11) is 1.55. The number of alkyl halides is 2. The van der Waals surface area contributed by atoms with Gasteiger partial charge in [0, 0.05) is 26.6 Å². The highest BCUT2D eigenvalue weighted by Gasteiger charge is 2.46. The molecule has 2 aliphatic heterocycles. The number of rotatable bonds is 9. The number of carbonyl (C=O) groups is 2. The van der Waals surface area contributed by atoms with Crippen LogP contribution < -0.4 is 10.6 Å². The minimum Gasteiger partial charge on any atom is -0.496 e. The van der Waals surface area contributed by atoms with E-state index in [9.17, 15) is 28.6 Å². The number of hydrogen-bond acceptors (Lipinski definition) is 7. The van der Waals surface area contributed by atoms with Crippen LogP contribution in [0.5, 0.6) is 0 Å². The van der Waals surface area contributed by atoms with Crippen LogP contribution in [-0.2, 0) is 32.2 Å². The van der Waals surface area contributed by atoms with Gasteiger partial charge in [-0.3, -0.25) is 14.5 Å². The Morgan fingerprint density at radius 3 is 2.81 bits per heavy atom. The topological polar surface area (TPSA) is 120 Å². The van der Waals surface area contributed by atoms with E-state index in [0.29, 0.717) is 42.9 Å². The van der Waals surface area contributed by atoms with E-state index in [1.54, 1.807) is 36.3 Å². The van der Waals surface area contributed by atoms with Gasteiger partial charge in [-0.25, -0.2) is 0 Å². The van der Waals surface area contributed by atoms with Crippen LogP contribution in [0.4, 0.5) is 8.78 Å². The molecular formula is C26H33F2N3O6. The summed E-state index contributed by atoms with van der Waals surface area (Å²) in [5.41, 5.74) is 1.98. The molecule has 0 aromatic heterocycles. The molecule has 1 aromatic carbocycles. The van der Waals surface area contributed by atoms with Crippen molar-refractivity contribution in [3.63, 3.8) is 0 Å². The minimum absolute atomic E-state index is 0.0636. The minimum atomic E-state index is -3.60. The molecule has 1 aromatic rings. The van der Waals surface area contributed by atoms with E-state index < -0.39 is 36.2 Å². The van der Waals surface area contributed by atoms with Crippen molar-refractivity contribution in [2.45, 2.75) is 63.2 Å². The van der Waals surface area contributed by atoms with Crippen molar-refractivity contribution in [1.29, 1.82) is 0 Å². The average molecular weight is 522 g/mol. The van der Waals surface area contributed by atoms with E-state index in [4.69, 9.17) is 9.47 Å². The first-order valence-electron chi connectivity index (χ1n) is 12.4. The van der Waals surface area contributed by atoms with Gasteiger partial charge in [0.1, 0.15) is 19.1 Å². The number of hydrogen-bond donors (Lipinski definition) is 4. The largest absolute Gasteiger partial charge is 0.496 e. The maximum Gasteiger partial charge on any atom is 0.330 e. The molecule has 4 N–H and O–H groups in total. The molecule has 0 bridgehead atoms. The summed E-state index contributed by atoms with van der Waals surface area (Å²) >= 11 is 0. The third-order valence-corrected chi connectivity index (χ3v) is 7.00. The zero-order valence-electron chi connectivity index (χ0n) is 20.7. The van der Waals surface area contributed by atoms with Gasteiger partial charge in [-0.2, -0.15) is 8.78 Å². The first-order chi connectivity index (χ1) is 17.7. The molecule has 1 aliphatic carbocycles. The number of methoxy groups -OCH3 is 1. The van der Waals surface area contributed by atoms with E-state index in [1.807, 2.05) is 0 Å². The van der Waals surface area contributed by atoms with Crippen LogP contribution in [0, 0.1) is 5.92 Å². The van der Waals surface area contributed by atoms with Crippen LogP contribution >= 0.6 is 0 Å². The second-order valence-corrected chi connectivity index (χ2v) is 9.51. The smallest absolute Gasteiger partial charge is 0.330 e. The Morgan fingerprint density at radius 2 is 2.05 bits per heavy atom. The van der Waals surface area contributed by atoms with Crippen LogP contribution in [0.15, 0.2) is 42.2 Å². The predicted octanol–water partition coefficient (Wildman–Crippen LogP) is 1.85. The molecule has 3 aliphatic rings. The molecule has 2 amide bonds.